The second-order valence-corrected chi connectivity index (χ2v) is 4.36. The third-order valence-electron chi connectivity index (χ3n) is 3.09. The molecule has 0 saturated carbocycles. The van der Waals surface area contributed by atoms with E-state index in [1.54, 1.807) is 30.3 Å². The van der Waals surface area contributed by atoms with E-state index in [1.165, 1.54) is 19.2 Å². The van der Waals surface area contributed by atoms with Gasteiger partial charge in [-0.05, 0) is 24.3 Å². The van der Waals surface area contributed by atoms with Crippen LogP contribution < -0.4 is 14.8 Å². The third kappa shape index (κ3) is 2.07. The van der Waals surface area contributed by atoms with Crippen LogP contribution >= 0.6 is 0 Å². The molecule has 0 unspecified atom stereocenters. The zero-order chi connectivity index (χ0) is 14.1. The fourth-order valence-corrected chi connectivity index (χ4v) is 2.14. The number of hydrogen-bond acceptors (Lipinski definition) is 3. The summed E-state index contributed by atoms with van der Waals surface area (Å²) in [4.78, 5) is 12.1. The van der Waals surface area contributed by atoms with E-state index in [0.717, 1.165) is 0 Å². The molecule has 20 heavy (non-hydrogen) atoms. The van der Waals surface area contributed by atoms with Crippen molar-refractivity contribution in [2.75, 3.05) is 7.11 Å². The van der Waals surface area contributed by atoms with E-state index in [2.05, 4.69) is 5.32 Å². The maximum Gasteiger partial charge on any atom is 0.258 e. The topological polar surface area (TPSA) is 47.6 Å². The first kappa shape index (κ1) is 12.5. The number of amides is 1. The maximum absolute atomic E-state index is 13.3. The predicted octanol–water partition coefficient (Wildman–Crippen LogP) is 2.66. The summed E-state index contributed by atoms with van der Waals surface area (Å²) in [5, 5.41) is 2.68. The predicted molar refractivity (Wildman–Crippen MR) is 70.2 cm³/mol. The van der Waals surface area contributed by atoms with Crippen LogP contribution in [-0.4, -0.2) is 13.0 Å². The van der Waals surface area contributed by atoms with Crippen molar-refractivity contribution in [1.29, 1.82) is 0 Å². The number of nitrogens with one attached hydrogen (secondary N) is 1. The highest BCUT2D eigenvalue weighted by molar-refractivity contribution is 5.98. The Balaban J connectivity index is 2.01. The standard InChI is InChI=1S/C15H12FNO3/c1-19-12-7-3-6-11-13(12)20-15(17-14(11)18)9-4-2-5-10(16)8-9/h2-8,15H,1H3,(H,17,18)/t15-/m1/s1. The monoisotopic (exact) mass is 273 g/mol. The second kappa shape index (κ2) is 4.85. The summed E-state index contributed by atoms with van der Waals surface area (Å²) in [7, 11) is 1.50. The van der Waals surface area contributed by atoms with Crippen molar-refractivity contribution in [1.82, 2.24) is 5.32 Å². The molecule has 2 aromatic carbocycles. The van der Waals surface area contributed by atoms with Crippen LogP contribution in [0.4, 0.5) is 4.39 Å². The number of fused-ring (bicyclic) bond motifs is 1. The van der Waals surface area contributed by atoms with Gasteiger partial charge in [-0.1, -0.05) is 18.2 Å². The molecule has 5 heteroatoms. The van der Waals surface area contributed by atoms with Crippen molar-refractivity contribution in [3.05, 3.63) is 59.4 Å². The Bertz CT molecular complexity index is 672. The van der Waals surface area contributed by atoms with Gasteiger partial charge in [-0.15, -0.1) is 0 Å². The fourth-order valence-electron chi connectivity index (χ4n) is 2.14. The number of benzene rings is 2. The molecule has 1 aliphatic rings. The molecule has 1 atom stereocenters. The Morgan fingerprint density at radius 1 is 1.25 bits per heavy atom. The van der Waals surface area contributed by atoms with E-state index in [1.807, 2.05) is 0 Å². The Labute approximate surface area is 115 Å². The van der Waals surface area contributed by atoms with Gasteiger partial charge in [-0.25, -0.2) is 4.39 Å². The van der Waals surface area contributed by atoms with Crippen LogP contribution in [0.25, 0.3) is 0 Å². The van der Waals surface area contributed by atoms with Crippen LogP contribution in [0.15, 0.2) is 42.5 Å². The van der Waals surface area contributed by atoms with E-state index in [9.17, 15) is 9.18 Å². The normalized spacial score (nSPS) is 16.9. The SMILES string of the molecule is COc1cccc2c1O[C@H](c1cccc(F)c1)NC2=O. The molecule has 2 aromatic rings. The van der Waals surface area contributed by atoms with Crippen molar-refractivity contribution in [3.8, 4) is 11.5 Å². The number of rotatable bonds is 2. The lowest BCUT2D eigenvalue weighted by Crippen LogP contribution is -2.37. The lowest BCUT2D eigenvalue weighted by molar-refractivity contribution is 0.0745. The van der Waals surface area contributed by atoms with E-state index < -0.39 is 6.23 Å². The highest BCUT2D eigenvalue weighted by Gasteiger charge is 2.29. The number of ether oxygens (including phenoxy) is 2. The molecule has 3 rings (SSSR count). The van der Waals surface area contributed by atoms with Gasteiger partial charge in [0.15, 0.2) is 17.7 Å². The summed E-state index contributed by atoms with van der Waals surface area (Å²) in [6.45, 7) is 0. The first-order valence-electron chi connectivity index (χ1n) is 6.09. The minimum Gasteiger partial charge on any atom is -0.493 e. The zero-order valence-electron chi connectivity index (χ0n) is 10.7. The quantitative estimate of drug-likeness (QED) is 0.915. The van der Waals surface area contributed by atoms with E-state index >= 15 is 0 Å². The maximum atomic E-state index is 13.3. The summed E-state index contributed by atoms with van der Waals surface area (Å²) < 4.78 is 24.2. The van der Waals surface area contributed by atoms with Gasteiger partial charge in [0.05, 0.1) is 12.7 Å². The number of hydrogen-bond donors (Lipinski definition) is 1. The highest BCUT2D eigenvalue weighted by atomic mass is 19.1. The Morgan fingerprint density at radius 2 is 2.05 bits per heavy atom. The number of halogens is 1. The summed E-state index contributed by atoms with van der Waals surface area (Å²) >= 11 is 0. The average molecular weight is 273 g/mol. The van der Waals surface area contributed by atoms with Gasteiger partial charge < -0.3 is 14.8 Å². The molecule has 0 fully saturated rings. The summed E-state index contributed by atoms with van der Waals surface area (Å²) in [5.74, 6) is 0.178. The van der Waals surface area contributed by atoms with Gasteiger partial charge in [-0.2, -0.15) is 0 Å². The summed E-state index contributed by atoms with van der Waals surface area (Å²) in [6, 6.07) is 11.0. The van der Waals surface area contributed by atoms with Gasteiger partial charge in [0.25, 0.3) is 5.91 Å². The molecular formula is C15H12FNO3. The number of para-hydroxylation sites is 1. The molecule has 1 N–H and O–H groups in total. The van der Waals surface area contributed by atoms with Gasteiger partial charge in [0.2, 0.25) is 0 Å². The molecule has 1 aliphatic heterocycles. The lowest BCUT2D eigenvalue weighted by atomic mass is 10.1. The summed E-state index contributed by atoms with van der Waals surface area (Å²) in [5.41, 5.74) is 0.937. The first-order valence-corrected chi connectivity index (χ1v) is 6.09. The number of carbonyl (C=O) groups is 1. The van der Waals surface area contributed by atoms with E-state index in [4.69, 9.17) is 9.47 Å². The molecule has 0 bridgehead atoms. The van der Waals surface area contributed by atoms with Crippen molar-refractivity contribution in [3.63, 3.8) is 0 Å². The largest absolute Gasteiger partial charge is 0.493 e. The second-order valence-electron chi connectivity index (χ2n) is 4.36. The zero-order valence-corrected chi connectivity index (χ0v) is 10.7. The molecule has 0 radical (unpaired) electrons. The molecule has 0 saturated heterocycles. The van der Waals surface area contributed by atoms with Gasteiger partial charge in [0, 0.05) is 5.56 Å². The van der Waals surface area contributed by atoms with Gasteiger partial charge >= 0.3 is 0 Å². The molecule has 1 amide bonds. The molecule has 102 valence electrons. The van der Waals surface area contributed by atoms with Crippen molar-refractivity contribution < 1.29 is 18.7 Å². The van der Waals surface area contributed by atoms with Crippen LogP contribution in [0.3, 0.4) is 0 Å². The highest BCUT2D eigenvalue weighted by Crippen LogP contribution is 2.37. The molecule has 4 nitrogen and oxygen atoms in total. The van der Waals surface area contributed by atoms with Crippen LogP contribution in [-0.2, 0) is 0 Å². The number of carbonyl (C=O) groups excluding carboxylic acids is 1. The Kier molecular flexibility index (Phi) is 3.02. The average Bonchev–Trinajstić information content (AvgIpc) is 2.46. The minimum absolute atomic E-state index is 0.278. The first-order chi connectivity index (χ1) is 9.69. The Morgan fingerprint density at radius 3 is 2.80 bits per heavy atom. The third-order valence-corrected chi connectivity index (χ3v) is 3.09. The van der Waals surface area contributed by atoms with Crippen LogP contribution in [0.2, 0.25) is 0 Å². The summed E-state index contributed by atoms with van der Waals surface area (Å²) in [6.07, 6.45) is -0.734. The van der Waals surface area contributed by atoms with Gasteiger partial charge in [-0.3, -0.25) is 4.79 Å². The molecular weight excluding hydrogens is 261 g/mol. The Hall–Kier alpha value is -2.56. The molecule has 0 aliphatic carbocycles. The smallest absolute Gasteiger partial charge is 0.258 e. The van der Waals surface area contributed by atoms with Crippen molar-refractivity contribution in [2.24, 2.45) is 0 Å². The van der Waals surface area contributed by atoms with E-state index in [0.29, 0.717) is 22.6 Å². The minimum atomic E-state index is -0.734. The van der Waals surface area contributed by atoms with Crippen LogP contribution in [0.5, 0.6) is 11.5 Å². The molecule has 0 aromatic heterocycles. The molecule has 1 heterocycles. The molecule has 0 spiro atoms. The van der Waals surface area contributed by atoms with Crippen LogP contribution in [0, 0.1) is 5.82 Å². The van der Waals surface area contributed by atoms with Crippen molar-refractivity contribution >= 4 is 5.91 Å². The van der Waals surface area contributed by atoms with Crippen molar-refractivity contribution in [2.45, 2.75) is 6.23 Å². The number of methoxy groups -OCH3 is 1. The van der Waals surface area contributed by atoms with Gasteiger partial charge in [0.1, 0.15) is 5.82 Å². The van der Waals surface area contributed by atoms with Crippen LogP contribution in [0.1, 0.15) is 22.1 Å². The fraction of sp³-hybridized carbons (Fsp3) is 0.133. The van der Waals surface area contributed by atoms with E-state index in [-0.39, 0.29) is 11.7 Å². The lowest BCUT2D eigenvalue weighted by Gasteiger charge is -2.28.